The molecule has 1 unspecified atom stereocenters. The Morgan fingerprint density at radius 1 is 1.50 bits per heavy atom. The summed E-state index contributed by atoms with van der Waals surface area (Å²) in [5.41, 5.74) is 5.67. The number of rotatable bonds is 3. The van der Waals surface area contributed by atoms with Crippen LogP contribution in [-0.4, -0.2) is 30.4 Å². The molecule has 1 amide bonds. The van der Waals surface area contributed by atoms with Crippen LogP contribution in [0.2, 0.25) is 0 Å². The molecule has 14 heavy (non-hydrogen) atoms. The SMILES string of the molecule is CCCC(=O)N1CCCCC(CN)C1. The Labute approximate surface area is 86.6 Å². The van der Waals surface area contributed by atoms with Crippen molar-refractivity contribution < 1.29 is 4.79 Å². The van der Waals surface area contributed by atoms with Crippen molar-refractivity contribution in [2.24, 2.45) is 11.7 Å². The molecule has 1 rings (SSSR count). The molecule has 1 heterocycles. The van der Waals surface area contributed by atoms with Gasteiger partial charge in [0, 0.05) is 19.5 Å². The second-order valence-electron chi connectivity index (χ2n) is 4.19. The summed E-state index contributed by atoms with van der Waals surface area (Å²) >= 11 is 0. The molecule has 0 aromatic heterocycles. The van der Waals surface area contributed by atoms with Gasteiger partial charge >= 0.3 is 0 Å². The van der Waals surface area contributed by atoms with Crippen molar-refractivity contribution in [3.63, 3.8) is 0 Å². The topological polar surface area (TPSA) is 46.3 Å². The van der Waals surface area contributed by atoms with Gasteiger partial charge in [0.15, 0.2) is 0 Å². The smallest absolute Gasteiger partial charge is 0.222 e. The van der Waals surface area contributed by atoms with E-state index in [2.05, 4.69) is 6.92 Å². The third-order valence-electron chi connectivity index (χ3n) is 2.92. The molecule has 0 bridgehead atoms. The Bertz CT molecular complexity index is 182. The van der Waals surface area contributed by atoms with Gasteiger partial charge in [-0.25, -0.2) is 0 Å². The van der Waals surface area contributed by atoms with Gasteiger partial charge in [-0.15, -0.1) is 0 Å². The van der Waals surface area contributed by atoms with Crippen molar-refractivity contribution in [1.29, 1.82) is 0 Å². The zero-order chi connectivity index (χ0) is 10.4. The third-order valence-corrected chi connectivity index (χ3v) is 2.92. The van der Waals surface area contributed by atoms with Crippen LogP contribution in [0, 0.1) is 5.92 Å². The molecule has 1 aliphatic heterocycles. The summed E-state index contributed by atoms with van der Waals surface area (Å²) in [5.74, 6) is 0.839. The monoisotopic (exact) mass is 198 g/mol. The molecule has 1 atom stereocenters. The summed E-state index contributed by atoms with van der Waals surface area (Å²) in [6.07, 6.45) is 5.19. The van der Waals surface area contributed by atoms with E-state index in [-0.39, 0.29) is 0 Å². The van der Waals surface area contributed by atoms with Crippen LogP contribution in [0.25, 0.3) is 0 Å². The highest BCUT2D eigenvalue weighted by atomic mass is 16.2. The molecule has 2 N–H and O–H groups in total. The van der Waals surface area contributed by atoms with Gasteiger partial charge in [-0.2, -0.15) is 0 Å². The molecule has 0 aromatic rings. The molecular weight excluding hydrogens is 176 g/mol. The van der Waals surface area contributed by atoms with Crippen LogP contribution < -0.4 is 5.73 Å². The molecule has 0 aromatic carbocycles. The summed E-state index contributed by atoms with van der Waals surface area (Å²) in [7, 11) is 0. The van der Waals surface area contributed by atoms with E-state index in [0.717, 1.165) is 32.5 Å². The van der Waals surface area contributed by atoms with E-state index in [4.69, 9.17) is 5.73 Å². The zero-order valence-electron chi connectivity index (χ0n) is 9.17. The third kappa shape index (κ3) is 3.29. The van der Waals surface area contributed by atoms with Gasteiger partial charge in [-0.05, 0) is 31.7 Å². The fourth-order valence-corrected chi connectivity index (χ4v) is 2.02. The number of likely N-dealkylation sites (tertiary alicyclic amines) is 1. The highest BCUT2D eigenvalue weighted by molar-refractivity contribution is 5.76. The molecule has 0 radical (unpaired) electrons. The molecule has 82 valence electrons. The summed E-state index contributed by atoms with van der Waals surface area (Å²) < 4.78 is 0. The second kappa shape index (κ2) is 6.02. The van der Waals surface area contributed by atoms with Crippen molar-refractivity contribution in [2.45, 2.75) is 39.0 Å². The molecule has 1 aliphatic rings. The molecule has 1 fully saturated rings. The van der Waals surface area contributed by atoms with Gasteiger partial charge in [0.2, 0.25) is 5.91 Å². The predicted octanol–water partition coefficient (Wildman–Crippen LogP) is 1.37. The first-order chi connectivity index (χ1) is 6.77. The summed E-state index contributed by atoms with van der Waals surface area (Å²) in [6, 6.07) is 0. The highest BCUT2D eigenvalue weighted by Gasteiger charge is 2.20. The summed E-state index contributed by atoms with van der Waals surface area (Å²) in [4.78, 5) is 13.7. The first kappa shape index (κ1) is 11.5. The van der Waals surface area contributed by atoms with Crippen molar-refractivity contribution in [2.75, 3.05) is 19.6 Å². The normalized spacial score (nSPS) is 23.3. The molecule has 3 heteroatoms. The van der Waals surface area contributed by atoms with E-state index in [1.807, 2.05) is 4.90 Å². The Morgan fingerprint density at radius 2 is 2.29 bits per heavy atom. The average Bonchev–Trinajstić information content (AvgIpc) is 2.43. The number of amides is 1. The van der Waals surface area contributed by atoms with E-state index in [1.54, 1.807) is 0 Å². The quantitative estimate of drug-likeness (QED) is 0.744. The molecule has 0 saturated carbocycles. The van der Waals surface area contributed by atoms with E-state index in [1.165, 1.54) is 12.8 Å². The van der Waals surface area contributed by atoms with Crippen LogP contribution in [0.1, 0.15) is 39.0 Å². The minimum absolute atomic E-state index is 0.313. The summed E-state index contributed by atoms with van der Waals surface area (Å²) in [5, 5.41) is 0. The lowest BCUT2D eigenvalue weighted by molar-refractivity contribution is -0.131. The van der Waals surface area contributed by atoms with Crippen molar-refractivity contribution in [3.8, 4) is 0 Å². The number of carbonyl (C=O) groups is 1. The molecule has 0 aliphatic carbocycles. The van der Waals surface area contributed by atoms with Crippen LogP contribution >= 0.6 is 0 Å². The van der Waals surface area contributed by atoms with E-state index in [0.29, 0.717) is 18.2 Å². The molecular formula is C11H22N2O. The summed E-state index contributed by atoms with van der Waals surface area (Å²) in [6.45, 7) is 4.59. The van der Waals surface area contributed by atoms with Gasteiger partial charge in [-0.3, -0.25) is 4.79 Å². The second-order valence-corrected chi connectivity index (χ2v) is 4.19. The Balaban J connectivity index is 2.45. The number of nitrogens with two attached hydrogens (primary N) is 1. The minimum Gasteiger partial charge on any atom is -0.342 e. The average molecular weight is 198 g/mol. The van der Waals surface area contributed by atoms with Crippen LogP contribution in [-0.2, 0) is 4.79 Å². The van der Waals surface area contributed by atoms with Gasteiger partial charge in [0.25, 0.3) is 0 Å². The number of hydrogen-bond donors (Lipinski definition) is 1. The van der Waals surface area contributed by atoms with Gasteiger partial charge < -0.3 is 10.6 Å². The van der Waals surface area contributed by atoms with Crippen LogP contribution in [0.15, 0.2) is 0 Å². The lowest BCUT2D eigenvalue weighted by Gasteiger charge is -2.23. The Hall–Kier alpha value is -0.570. The number of hydrogen-bond acceptors (Lipinski definition) is 2. The molecule has 3 nitrogen and oxygen atoms in total. The number of carbonyl (C=O) groups excluding carboxylic acids is 1. The predicted molar refractivity (Wildman–Crippen MR) is 57.9 cm³/mol. The standard InChI is InChI=1S/C11H22N2O/c1-2-5-11(14)13-7-4-3-6-10(8-12)9-13/h10H,2-9,12H2,1H3. The first-order valence-electron chi connectivity index (χ1n) is 5.75. The zero-order valence-corrected chi connectivity index (χ0v) is 9.17. The maximum absolute atomic E-state index is 11.7. The van der Waals surface area contributed by atoms with Gasteiger partial charge in [0.1, 0.15) is 0 Å². The molecule has 1 saturated heterocycles. The molecule has 0 spiro atoms. The van der Waals surface area contributed by atoms with Crippen LogP contribution in [0.3, 0.4) is 0 Å². The number of nitrogens with zero attached hydrogens (tertiary/aromatic N) is 1. The van der Waals surface area contributed by atoms with Gasteiger partial charge in [-0.1, -0.05) is 13.3 Å². The van der Waals surface area contributed by atoms with Crippen LogP contribution in [0.4, 0.5) is 0 Å². The van der Waals surface area contributed by atoms with E-state index >= 15 is 0 Å². The maximum Gasteiger partial charge on any atom is 0.222 e. The highest BCUT2D eigenvalue weighted by Crippen LogP contribution is 2.16. The minimum atomic E-state index is 0.313. The largest absolute Gasteiger partial charge is 0.342 e. The van der Waals surface area contributed by atoms with Crippen molar-refractivity contribution in [1.82, 2.24) is 4.90 Å². The maximum atomic E-state index is 11.7. The Kier molecular flexibility index (Phi) is 4.94. The van der Waals surface area contributed by atoms with Crippen LogP contribution in [0.5, 0.6) is 0 Å². The van der Waals surface area contributed by atoms with Crippen molar-refractivity contribution >= 4 is 5.91 Å². The Morgan fingerprint density at radius 3 is 2.93 bits per heavy atom. The first-order valence-corrected chi connectivity index (χ1v) is 5.75. The van der Waals surface area contributed by atoms with E-state index in [9.17, 15) is 4.79 Å². The van der Waals surface area contributed by atoms with Gasteiger partial charge in [0.05, 0.1) is 0 Å². The lowest BCUT2D eigenvalue weighted by Crippen LogP contribution is -2.36. The fourth-order valence-electron chi connectivity index (χ4n) is 2.02. The fraction of sp³-hybridized carbons (Fsp3) is 0.909. The van der Waals surface area contributed by atoms with Crippen molar-refractivity contribution in [3.05, 3.63) is 0 Å². The van der Waals surface area contributed by atoms with E-state index < -0.39 is 0 Å². The lowest BCUT2D eigenvalue weighted by atomic mass is 10.0.